The number of rotatable bonds is 8. The summed E-state index contributed by atoms with van der Waals surface area (Å²) in [5.74, 6) is -1.13. The van der Waals surface area contributed by atoms with Gasteiger partial charge in [0.15, 0.2) is 5.76 Å². The molecule has 0 saturated heterocycles. The van der Waals surface area contributed by atoms with Crippen molar-refractivity contribution in [2.45, 2.75) is 44.3 Å². The molecule has 8 nitrogen and oxygen atoms in total. The van der Waals surface area contributed by atoms with Gasteiger partial charge in [0.2, 0.25) is 0 Å². The predicted molar refractivity (Wildman–Crippen MR) is 127 cm³/mol. The Morgan fingerprint density at radius 1 is 1.03 bits per heavy atom. The standard InChI is InChI=1S/C27H26N2O6/c1-16(26(31)32)29(17-10-11-17)25(30)24-13-12-18(35-24)14-28-27(33)34-15-23-21-8-4-2-6-19(21)20-7-3-5-9-22(20)23/h2-9,12-13,16-17,23H,10-11,14-15H2,1H3,(H,28,33)(H,31,32). The summed E-state index contributed by atoms with van der Waals surface area (Å²) in [4.78, 5) is 38.0. The van der Waals surface area contributed by atoms with E-state index in [4.69, 9.17) is 9.15 Å². The van der Waals surface area contributed by atoms with E-state index in [-0.39, 0.29) is 30.9 Å². The molecule has 1 saturated carbocycles. The third kappa shape index (κ3) is 4.51. The lowest BCUT2D eigenvalue weighted by Gasteiger charge is -2.25. The Hall–Kier alpha value is -4.07. The number of aliphatic carboxylic acids is 1. The molecule has 1 unspecified atom stereocenters. The highest BCUT2D eigenvalue weighted by molar-refractivity contribution is 5.94. The van der Waals surface area contributed by atoms with Crippen molar-refractivity contribution in [2.24, 2.45) is 0 Å². The number of hydrogen-bond acceptors (Lipinski definition) is 5. The maximum absolute atomic E-state index is 12.8. The molecule has 2 N–H and O–H groups in total. The van der Waals surface area contributed by atoms with Gasteiger partial charge in [0.1, 0.15) is 18.4 Å². The van der Waals surface area contributed by atoms with Gasteiger partial charge in [-0.25, -0.2) is 9.59 Å². The average Bonchev–Trinajstić information content (AvgIpc) is 3.48. The number of hydrogen-bond donors (Lipinski definition) is 2. The van der Waals surface area contributed by atoms with Gasteiger partial charge in [0.05, 0.1) is 6.54 Å². The topological polar surface area (TPSA) is 109 Å². The Morgan fingerprint density at radius 2 is 1.66 bits per heavy atom. The number of nitrogens with zero attached hydrogens (tertiary/aromatic N) is 1. The molecular formula is C27H26N2O6. The second-order valence-electron chi connectivity index (χ2n) is 8.90. The monoisotopic (exact) mass is 474 g/mol. The van der Waals surface area contributed by atoms with Crippen LogP contribution in [0.5, 0.6) is 0 Å². The molecule has 1 atom stereocenters. The third-order valence-corrected chi connectivity index (χ3v) is 6.57. The summed E-state index contributed by atoms with van der Waals surface area (Å²) in [6.45, 7) is 1.73. The van der Waals surface area contributed by atoms with Crippen LogP contribution in [0.2, 0.25) is 0 Å². The second kappa shape index (κ2) is 9.29. The summed E-state index contributed by atoms with van der Waals surface area (Å²) in [5, 5.41) is 12.0. The molecule has 0 spiro atoms. The van der Waals surface area contributed by atoms with Crippen molar-refractivity contribution in [3.63, 3.8) is 0 Å². The molecule has 2 aliphatic rings. The van der Waals surface area contributed by atoms with E-state index in [2.05, 4.69) is 29.6 Å². The minimum atomic E-state index is -1.06. The molecule has 180 valence electrons. The highest BCUT2D eigenvalue weighted by Gasteiger charge is 2.39. The Morgan fingerprint density at radius 3 is 2.26 bits per heavy atom. The van der Waals surface area contributed by atoms with Gasteiger partial charge < -0.3 is 24.5 Å². The summed E-state index contributed by atoms with van der Waals surface area (Å²) in [6, 6.07) is 18.3. The zero-order valence-electron chi connectivity index (χ0n) is 19.3. The molecule has 0 bridgehead atoms. The van der Waals surface area contributed by atoms with Crippen molar-refractivity contribution < 1.29 is 28.6 Å². The molecule has 1 fully saturated rings. The number of benzene rings is 2. The Balaban J connectivity index is 1.18. The van der Waals surface area contributed by atoms with Crippen molar-refractivity contribution in [1.82, 2.24) is 10.2 Å². The largest absolute Gasteiger partial charge is 0.480 e. The average molecular weight is 475 g/mol. The number of carboxylic acid groups (broad SMARTS) is 1. The number of carboxylic acids is 1. The van der Waals surface area contributed by atoms with Gasteiger partial charge in [-0.1, -0.05) is 48.5 Å². The maximum atomic E-state index is 12.8. The van der Waals surface area contributed by atoms with E-state index in [1.165, 1.54) is 17.9 Å². The molecular weight excluding hydrogens is 448 g/mol. The van der Waals surface area contributed by atoms with Crippen molar-refractivity contribution in [3.8, 4) is 11.1 Å². The van der Waals surface area contributed by atoms with Crippen LogP contribution in [0.15, 0.2) is 65.1 Å². The van der Waals surface area contributed by atoms with Gasteiger partial charge in [0.25, 0.3) is 5.91 Å². The summed E-state index contributed by atoms with van der Waals surface area (Å²) in [7, 11) is 0. The second-order valence-corrected chi connectivity index (χ2v) is 8.90. The molecule has 0 aliphatic heterocycles. The van der Waals surface area contributed by atoms with Crippen LogP contribution < -0.4 is 5.32 Å². The van der Waals surface area contributed by atoms with E-state index in [0.717, 1.165) is 35.1 Å². The number of nitrogens with one attached hydrogen (secondary N) is 1. The van der Waals surface area contributed by atoms with Crippen LogP contribution >= 0.6 is 0 Å². The molecule has 35 heavy (non-hydrogen) atoms. The van der Waals surface area contributed by atoms with Gasteiger partial charge in [0, 0.05) is 12.0 Å². The maximum Gasteiger partial charge on any atom is 0.407 e. The fraction of sp³-hybridized carbons (Fsp3) is 0.296. The number of furan rings is 1. The highest BCUT2D eigenvalue weighted by Crippen LogP contribution is 2.44. The zero-order valence-corrected chi connectivity index (χ0v) is 19.3. The Bertz CT molecular complexity index is 1230. The first-order chi connectivity index (χ1) is 16.9. The fourth-order valence-corrected chi connectivity index (χ4v) is 4.65. The molecule has 1 heterocycles. The highest BCUT2D eigenvalue weighted by atomic mass is 16.5. The number of fused-ring (bicyclic) bond motifs is 3. The quantitative estimate of drug-likeness (QED) is 0.501. The van der Waals surface area contributed by atoms with Gasteiger partial charge in [-0.05, 0) is 54.2 Å². The molecule has 3 aromatic rings. The van der Waals surface area contributed by atoms with Crippen molar-refractivity contribution >= 4 is 18.0 Å². The van der Waals surface area contributed by atoms with E-state index >= 15 is 0 Å². The van der Waals surface area contributed by atoms with Crippen LogP contribution in [0.1, 0.15) is 53.1 Å². The van der Waals surface area contributed by atoms with Gasteiger partial charge in [-0.2, -0.15) is 0 Å². The van der Waals surface area contributed by atoms with E-state index in [1.807, 2.05) is 24.3 Å². The first kappa shape index (κ1) is 22.7. The first-order valence-corrected chi connectivity index (χ1v) is 11.7. The van der Waals surface area contributed by atoms with Crippen LogP contribution in [0.25, 0.3) is 11.1 Å². The van der Waals surface area contributed by atoms with E-state index in [1.54, 1.807) is 6.07 Å². The lowest BCUT2D eigenvalue weighted by molar-refractivity contribution is -0.141. The number of ether oxygens (including phenoxy) is 1. The summed E-state index contributed by atoms with van der Waals surface area (Å²) >= 11 is 0. The van der Waals surface area contributed by atoms with E-state index in [0.29, 0.717) is 5.76 Å². The van der Waals surface area contributed by atoms with Gasteiger partial charge in [-0.15, -0.1) is 0 Å². The number of amides is 2. The van der Waals surface area contributed by atoms with Crippen LogP contribution in [0, 0.1) is 0 Å². The van der Waals surface area contributed by atoms with Crippen LogP contribution in [-0.4, -0.2) is 46.7 Å². The number of carbonyl (C=O) groups is 3. The third-order valence-electron chi connectivity index (χ3n) is 6.57. The minimum Gasteiger partial charge on any atom is -0.480 e. The minimum absolute atomic E-state index is 0.0365. The summed E-state index contributed by atoms with van der Waals surface area (Å²) in [5.41, 5.74) is 4.57. The molecule has 2 aliphatic carbocycles. The Kier molecular flexibility index (Phi) is 6.03. The van der Waals surface area contributed by atoms with Crippen molar-refractivity contribution in [3.05, 3.63) is 83.3 Å². The smallest absolute Gasteiger partial charge is 0.407 e. The molecule has 2 amide bonds. The molecule has 5 rings (SSSR count). The molecule has 8 heteroatoms. The Labute approximate surface area is 202 Å². The van der Waals surface area contributed by atoms with Crippen molar-refractivity contribution in [2.75, 3.05) is 6.61 Å². The molecule has 1 aromatic heterocycles. The zero-order chi connectivity index (χ0) is 24.5. The summed E-state index contributed by atoms with van der Waals surface area (Å²) in [6.07, 6.45) is 0.968. The van der Waals surface area contributed by atoms with Gasteiger partial charge >= 0.3 is 12.1 Å². The predicted octanol–water partition coefficient (Wildman–Crippen LogP) is 4.40. The fourth-order valence-electron chi connectivity index (χ4n) is 4.65. The lowest BCUT2D eigenvalue weighted by Crippen LogP contribution is -2.44. The SMILES string of the molecule is CC(C(=O)O)N(C(=O)c1ccc(CNC(=O)OCC2c3ccccc3-c3ccccc32)o1)C1CC1. The first-order valence-electron chi connectivity index (χ1n) is 11.7. The van der Waals surface area contributed by atoms with Crippen molar-refractivity contribution in [1.29, 1.82) is 0 Å². The molecule has 2 aromatic carbocycles. The summed E-state index contributed by atoms with van der Waals surface area (Å²) < 4.78 is 11.1. The van der Waals surface area contributed by atoms with Crippen LogP contribution in [0.3, 0.4) is 0 Å². The number of alkyl carbamates (subject to hydrolysis) is 1. The van der Waals surface area contributed by atoms with Crippen LogP contribution in [-0.2, 0) is 16.1 Å². The van der Waals surface area contributed by atoms with Gasteiger partial charge in [-0.3, -0.25) is 4.79 Å². The van der Waals surface area contributed by atoms with E-state index in [9.17, 15) is 19.5 Å². The normalized spacial score (nSPS) is 15.1. The lowest BCUT2D eigenvalue weighted by atomic mass is 9.98. The number of carbonyl (C=O) groups excluding carboxylic acids is 2. The van der Waals surface area contributed by atoms with E-state index < -0.39 is 24.0 Å². The molecule has 0 radical (unpaired) electrons. The van der Waals surface area contributed by atoms with Crippen LogP contribution in [0.4, 0.5) is 4.79 Å².